The number of carbonyl (C=O) groups excluding carboxylic acids is 1. The van der Waals surface area contributed by atoms with E-state index in [0.29, 0.717) is 5.02 Å². The summed E-state index contributed by atoms with van der Waals surface area (Å²) < 4.78 is 27.6. The molecular weight excluding hydrogens is 353 g/mol. The average Bonchev–Trinajstić information content (AvgIpc) is 2.87. The van der Waals surface area contributed by atoms with Crippen LogP contribution in [0.25, 0.3) is 0 Å². The van der Waals surface area contributed by atoms with E-state index in [9.17, 15) is 13.2 Å². The predicted octanol–water partition coefficient (Wildman–Crippen LogP) is 2.27. The highest BCUT2D eigenvalue weighted by atomic mass is 35.5. The van der Waals surface area contributed by atoms with Crippen molar-refractivity contribution in [3.8, 4) is 0 Å². The second-order valence-electron chi connectivity index (χ2n) is 4.50. The van der Waals surface area contributed by atoms with Crippen LogP contribution in [0.2, 0.25) is 10.0 Å². The van der Waals surface area contributed by atoms with Gasteiger partial charge in [0.2, 0.25) is 15.7 Å². The van der Waals surface area contributed by atoms with Crippen molar-refractivity contribution in [3.63, 3.8) is 0 Å². The molecule has 118 valence electrons. The maximum Gasteiger partial charge on any atom is 0.335 e. The highest BCUT2D eigenvalue weighted by molar-refractivity contribution is 7.90. The Hall–Kier alpha value is -1.64. The number of sulfone groups is 1. The molecule has 1 N–H and O–H groups in total. The first-order chi connectivity index (χ1) is 10.2. The van der Waals surface area contributed by atoms with E-state index in [1.165, 1.54) is 18.2 Å². The van der Waals surface area contributed by atoms with Gasteiger partial charge in [0.15, 0.2) is 0 Å². The van der Waals surface area contributed by atoms with Crippen molar-refractivity contribution >= 4 is 38.9 Å². The van der Waals surface area contributed by atoms with E-state index in [1.807, 2.05) is 0 Å². The van der Waals surface area contributed by atoms with Crippen molar-refractivity contribution in [3.05, 3.63) is 39.7 Å². The fourth-order valence-corrected chi connectivity index (χ4v) is 2.48. The molecular formula is C12H11Cl2N3O4S. The monoisotopic (exact) mass is 363 g/mol. The molecule has 0 aliphatic carbocycles. The molecule has 0 fully saturated rings. The molecule has 0 radical (unpaired) electrons. The van der Waals surface area contributed by atoms with Gasteiger partial charge in [0, 0.05) is 11.3 Å². The molecule has 1 aromatic heterocycles. The van der Waals surface area contributed by atoms with Crippen LogP contribution in [0.1, 0.15) is 29.2 Å². The van der Waals surface area contributed by atoms with Gasteiger partial charge in [-0.2, -0.15) is 0 Å². The summed E-state index contributed by atoms with van der Waals surface area (Å²) in [6.45, 7) is 1.57. The lowest BCUT2D eigenvalue weighted by molar-refractivity contribution is 0.0933. The molecule has 0 bridgehead atoms. The van der Waals surface area contributed by atoms with Gasteiger partial charge < -0.3 is 9.73 Å². The van der Waals surface area contributed by atoms with Crippen molar-refractivity contribution in [1.29, 1.82) is 0 Å². The normalized spacial score (nSPS) is 12.9. The first-order valence-electron chi connectivity index (χ1n) is 5.98. The lowest BCUT2D eigenvalue weighted by Gasteiger charge is -2.11. The Morgan fingerprint density at radius 2 is 2.00 bits per heavy atom. The predicted molar refractivity (Wildman–Crippen MR) is 79.8 cm³/mol. The zero-order valence-corrected chi connectivity index (χ0v) is 13.8. The van der Waals surface area contributed by atoms with Crippen LogP contribution < -0.4 is 5.32 Å². The fourth-order valence-electron chi connectivity index (χ4n) is 1.55. The van der Waals surface area contributed by atoms with Gasteiger partial charge >= 0.3 is 5.22 Å². The molecule has 0 spiro atoms. The van der Waals surface area contributed by atoms with Crippen LogP contribution in [0.15, 0.2) is 27.8 Å². The zero-order valence-electron chi connectivity index (χ0n) is 11.5. The van der Waals surface area contributed by atoms with Gasteiger partial charge in [-0.25, -0.2) is 8.42 Å². The van der Waals surface area contributed by atoms with E-state index in [1.54, 1.807) is 6.92 Å². The van der Waals surface area contributed by atoms with E-state index >= 15 is 0 Å². The number of hydrogen-bond donors (Lipinski definition) is 1. The topological polar surface area (TPSA) is 102 Å². The number of nitrogens with zero attached hydrogens (tertiary/aromatic N) is 2. The zero-order chi connectivity index (χ0) is 16.5. The SMILES string of the molecule is C[C@H](NC(=O)c1ccc(Cl)cc1Cl)c1nnc(S(C)(=O)=O)o1. The minimum Gasteiger partial charge on any atom is -0.410 e. The molecule has 0 aliphatic heterocycles. The average molecular weight is 364 g/mol. The van der Waals surface area contributed by atoms with Crippen molar-refractivity contribution in [2.75, 3.05) is 6.26 Å². The number of carbonyl (C=O) groups is 1. The van der Waals surface area contributed by atoms with Crippen molar-refractivity contribution in [1.82, 2.24) is 15.5 Å². The first-order valence-corrected chi connectivity index (χ1v) is 8.62. The van der Waals surface area contributed by atoms with Gasteiger partial charge in [-0.05, 0) is 25.1 Å². The highest BCUT2D eigenvalue weighted by Crippen LogP contribution is 2.22. The summed E-state index contributed by atoms with van der Waals surface area (Å²) >= 11 is 11.7. The van der Waals surface area contributed by atoms with Crippen LogP contribution in [-0.4, -0.2) is 30.8 Å². The van der Waals surface area contributed by atoms with Crippen LogP contribution >= 0.6 is 23.2 Å². The third kappa shape index (κ3) is 3.76. The summed E-state index contributed by atoms with van der Waals surface area (Å²) in [6.07, 6.45) is 0.945. The third-order valence-corrected chi connectivity index (χ3v) is 3.98. The summed E-state index contributed by atoms with van der Waals surface area (Å²) in [7, 11) is -3.60. The molecule has 10 heteroatoms. The minimum absolute atomic E-state index is 0.0288. The van der Waals surface area contributed by atoms with Crippen LogP contribution in [0.4, 0.5) is 0 Å². The molecule has 0 saturated carbocycles. The Labute approximate surface area is 136 Å². The Balaban J connectivity index is 2.16. The van der Waals surface area contributed by atoms with Gasteiger partial charge in [-0.1, -0.05) is 28.3 Å². The standard InChI is InChI=1S/C12H11Cl2N3O4S/c1-6(11-16-17-12(21-11)22(2,19)20)15-10(18)8-4-3-7(13)5-9(8)14/h3-6H,1-2H3,(H,15,18)/t6-/m0/s1. The Morgan fingerprint density at radius 3 is 2.55 bits per heavy atom. The summed E-state index contributed by atoms with van der Waals surface area (Å²) in [4.78, 5) is 12.1. The molecule has 2 rings (SSSR count). The quantitative estimate of drug-likeness (QED) is 0.893. The Kier molecular flexibility index (Phi) is 4.74. The largest absolute Gasteiger partial charge is 0.410 e. The van der Waals surface area contributed by atoms with Gasteiger partial charge in [-0.3, -0.25) is 4.79 Å². The van der Waals surface area contributed by atoms with Crippen LogP contribution in [0.3, 0.4) is 0 Å². The number of halogens is 2. The molecule has 0 saturated heterocycles. The van der Waals surface area contributed by atoms with E-state index in [0.717, 1.165) is 6.26 Å². The fraction of sp³-hybridized carbons (Fsp3) is 0.250. The number of nitrogens with one attached hydrogen (secondary N) is 1. The maximum absolute atomic E-state index is 12.1. The van der Waals surface area contributed by atoms with Crippen molar-refractivity contribution in [2.45, 2.75) is 18.2 Å². The molecule has 1 atom stereocenters. The van der Waals surface area contributed by atoms with E-state index in [-0.39, 0.29) is 16.5 Å². The lowest BCUT2D eigenvalue weighted by atomic mass is 10.2. The molecule has 1 amide bonds. The maximum atomic E-state index is 12.1. The van der Waals surface area contributed by atoms with Crippen LogP contribution in [0.5, 0.6) is 0 Å². The Bertz CT molecular complexity index is 820. The van der Waals surface area contributed by atoms with Gasteiger partial charge in [0.1, 0.15) is 6.04 Å². The number of amides is 1. The van der Waals surface area contributed by atoms with Crippen molar-refractivity contribution < 1.29 is 17.6 Å². The second-order valence-corrected chi connectivity index (χ2v) is 7.23. The molecule has 1 aromatic carbocycles. The molecule has 0 aliphatic rings. The van der Waals surface area contributed by atoms with E-state index in [4.69, 9.17) is 27.6 Å². The summed E-state index contributed by atoms with van der Waals surface area (Å²) in [5.74, 6) is -0.507. The first kappa shape index (κ1) is 16.7. The number of hydrogen-bond acceptors (Lipinski definition) is 6. The van der Waals surface area contributed by atoms with E-state index < -0.39 is 27.0 Å². The molecule has 22 heavy (non-hydrogen) atoms. The van der Waals surface area contributed by atoms with Crippen LogP contribution in [-0.2, 0) is 9.84 Å². The molecule has 0 unspecified atom stereocenters. The highest BCUT2D eigenvalue weighted by Gasteiger charge is 2.22. The second kappa shape index (κ2) is 6.23. The molecule has 1 heterocycles. The van der Waals surface area contributed by atoms with E-state index in [2.05, 4.69) is 15.5 Å². The smallest absolute Gasteiger partial charge is 0.335 e. The summed E-state index contributed by atoms with van der Waals surface area (Å²) in [6, 6.07) is 3.75. The number of rotatable bonds is 4. The summed E-state index contributed by atoms with van der Waals surface area (Å²) in [5.41, 5.74) is 0.223. The minimum atomic E-state index is -3.60. The number of aromatic nitrogens is 2. The molecule has 2 aromatic rings. The van der Waals surface area contributed by atoms with Gasteiger partial charge in [0.25, 0.3) is 5.91 Å². The lowest BCUT2D eigenvalue weighted by Crippen LogP contribution is -2.27. The van der Waals surface area contributed by atoms with Crippen molar-refractivity contribution in [2.24, 2.45) is 0 Å². The van der Waals surface area contributed by atoms with Gasteiger partial charge in [0.05, 0.1) is 10.6 Å². The van der Waals surface area contributed by atoms with Gasteiger partial charge in [-0.15, -0.1) is 5.10 Å². The van der Waals surface area contributed by atoms with Crippen LogP contribution in [0, 0.1) is 0 Å². The summed E-state index contributed by atoms with van der Waals surface area (Å²) in [5, 5.41) is 9.69. The number of benzene rings is 1. The Morgan fingerprint density at radius 1 is 1.32 bits per heavy atom. The third-order valence-electron chi connectivity index (χ3n) is 2.63. The molecule has 7 nitrogen and oxygen atoms in total.